The molecule has 0 heterocycles. The first-order valence-corrected chi connectivity index (χ1v) is 4.66. The van der Waals surface area contributed by atoms with Crippen LogP contribution in [0.15, 0.2) is 36.4 Å². The van der Waals surface area contributed by atoms with Crippen molar-refractivity contribution in [2.45, 2.75) is 13.0 Å². The fourth-order valence-corrected chi connectivity index (χ4v) is 1.73. The van der Waals surface area contributed by atoms with Crippen molar-refractivity contribution in [1.29, 1.82) is 0 Å². The molecule has 0 radical (unpaired) electrons. The lowest BCUT2D eigenvalue weighted by Gasteiger charge is -2.10. The number of nitrogens with two attached hydrogens (primary N) is 1. The van der Waals surface area contributed by atoms with Crippen LogP contribution in [-0.2, 0) is 0 Å². The molecule has 2 rings (SSSR count). The summed E-state index contributed by atoms with van der Waals surface area (Å²) >= 11 is 0. The Morgan fingerprint density at radius 2 is 1.79 bits per heavy atom. The van der Waals surface area contributed by atoms with E-state index in [-0.39, 0.29) is 6.04 Å². The molecule has 2 heteroatoms. The number of hydrogen-bond acceptors (Lipinski definition) is 2. The molecule has 3 N–H and O–H groups in total. The zero-order chi connectivity index (χ0) is 10.1. The molecule has 0 fully saturated rings. The zero-order valence-electron chi connectivity index (χ0n) is 8.07. The molecule has 0 spiro atoms. The fourth-order valence-electron chi connectivity index (χ4n) is 1.73. The van der Waals surface area contributed by atoms with Crippen LogP contribution in [0.25, 0.3) is 10.8 Å². The number of aromatic hydroxyl groups is 1. The standard InChI is InChI=1S/C12H13NO/c1-8(13)10-6-2-4-9-5-3-7-11(14)12(9)10/h2-8,14H,13H2,1H3. The third-order valence-electron chi connectivity index (χ3n) is 2.41. The van der Waals surface area contributed by atoms with Crippen molar-refractivity contribution in [3.8, 4) is 5.75 Å². The third-order valence-corrected chi connectivity index (χ3v) is 2.41. The molecule has 0 saturated carbocycles. The number of benzene rings is 2. The molecule has 0 bridgehead atoms. The summed E-state index contributed by atoms with van der Waals surface area (Å²) in [6.45, 7) is 1.92. The van der Waals surface area contributed by atoms with Crippen LogP contribution >= 0.6 is 0 Å². The van der Waals surface area contributed by atoms with E-state index >= 15 is 0 Å². The first-order valence-electron chi connectivity index (χ1n) is 4.66. The van der Waals surface area contributed by atoms with Gasteiger partial charge in [0.05, 0.1) is 0 Å². The number of hydrogen-bond donors (Lipinski definition) is 2. The third kappa shape index (κ3) is 1.34. The molecule has 2 aromatic rings. The van der Waals surface area contributed by atoms with Gasteiger partial charge in [-0.15, -0.1) is 0 Å². The molecule has 0 aliphatic heterocycles. The highest BCUT2D eigenvalue weighted by Gasteiger charge is 2.07. The van der Waals surface area contributed by atoms with Gasteiger partial charge in [0.25, 0.3) is 0 Å². The predicted molar refractivity (Wildman–Crippen MR) is 58.2 cm³/mol. The summed E-state index contributed by atoms with van der Waals surface area (Å²) < 4.78 is 0. The van der Waals surface area contributed by atoms with Crippen LogP contribution in [0.2, 0.25) is 0 Å². The maximum absolute atomic E-state index is 9.75. The number of fused-ring (bicyclic) bond motifs is 1. The van der Waals surface area contributed by atoms with Crippen molar-refractivity contribution < 1.29 is 5.11 Å². The molecule has 14 heavy (non-hydrogen) atoms. The summed E-state index contributed by atoms with van der Waals surface area (Å²) in [6.07, 6.45) is 0. The van der Waals surface area contributed by atoms with E-state index < -0.39 is 0 Å². The minimum atomic E-state index is -0.0630. The van der Waals surface area contributed by atoms with Crippen LogP contribution < -0.4 is 5.73 Å². The minimum absolute atomic E-state index is 0.0630. The van der Waals surface area contributed by atoms with Gasteiger partial charge < -0.3 is 10.8 Å². The van der Waals surface area contributed by atoms with Crippen LogP contribution in [-0.4, -0.2) is 5.11 Å². The van der Waals surface area contributed by atoms with Gasteiger partial charge in [0, 0.05) is 11.4 Å². The molecule has 0 amide bonds. The molecule has 2 aromatic carbocycles. The number of phenols is 1. The van der Waals surface area contributed by atoms with Crippen LogP contribution in [0.4, 0.5) is 0 Å². The van der Waals surface area contributed by atoms with Crippen molar-refractivity contribution in [2.24, 2.45) is 5.73 Å². The topological polar surface area (TPSA) is 46.2 Å². The lowest BCUT2D eigenvalue weighted by Crippen LogP contribution is -2.05. The molecule has 0 saturated heterocycles. The first kappa shape index (κ1) is 9.03. The van der Waals surface area contributed by atoms with Gasteiger partial charge in [-0.1, -0.05) is 30.3 Å². The molecule has 2 nitrogen and oxygen atoms in total. The van der Waals surface area contributed by atoms with Crippen molar-refractivity contribution >= 4 is 10.8 Å². The number of phenolic OH excluding ortho intramolecular Hbond substituents is 1. The average Bonchev–Trinajstić information content (AvgIpc) is 2.17. The van der Waals surface area contributed by atoms with Gasteiger partial charge in [0.1, 0.15) is 5.75 Å². The lowest BCUT2D eigenvalue weighted by molar-refractivity contribution is 0.481. The van der Waals surface area contributed by atoms with E-state index in [0.717, 1.165) is 16.3 Å². The molecule has 1 atom stereocenters. The average molecular weight is 187 g/mol. The van der Waals surface area contributed by atoms with E-state index in [1.54, 1.807) is 6.07 Å². The highest BCUT2D eigenvalue weighted by molar-refractivity contribution is 5.91. The van der Waals surface area contributed by atoms with E-state index in [1.165, 1.54) is 0 Å². The van der Waals surface area contributed by atoms with Crippen LogP contribution in [0.5, 0.6) is 5.75 Å². The Balaban J connectivity index is 2.84. The predicted octanol–water partition coefficient (Wildman–Crippen LogP) is 2.57. The second kappa shape index (κ2) is 3.31. The summed E-state index contributed by atoms with van der Waals surface area (Å²) in [5.41, 5.74) is 6.82. The SMILES string of the molecule is CC(N)c1cccc2cccc(O)c12. The van der Waals surface area contributed by atoms with Gasteiger partial charge in [-0.25, -0.2) is 0 Å². The summed E-state index contributed by atoms with van der Waals surface area (Å²) in [6, 6.07) is 11.3. The van der Waals surface area contributed by atoms with Crippen LogP contribution in [0, 0.1) is 0 Å². The molecule has 72 valence electrons. The van der Waals surface area contributed by atoms with Gasteiger partial charge >= 0.3 is 0 Å². The Hall–Kier alpha value is -1.54. The maximum Gasteiger partial charge on any atom is 0.123 e. The quantitative estimate of drug-likeness (QED) is 0.720. The smallest absolute Gasteiger partial charge is 0.123 e. The van der Waals surface area contributed by atoms with Crippen molar-refractivity contribution in [1.82, 2.24) is 0 Å². The Morgan fingerprint density at radius 1 is 1.14 bits per heavy atom. The van der Waals surface area contributed by atoms with Gasteiger partial charge in [-0.3, -0.25) is 0 Å². The van der Waals surface area contributed by atoms with E-state index in [9.17, 15) is 5.11 Å². The van der Waals surface area contributed by atoms with Gasteiger partial charge in [0.15, 0.2) is 0 Å². The van der Waals surface area contributed by atoms with Gasteiger partial charge in [-0.2, -0.15) is 0 Å². The Kier molecular flexibility index (Phi) is 2.14. The van der Waals surface area contributed by atoms with E-state index in [0.29, 0.717) is 5.75 Å². The highest BCUT2D eigenvalue weighted by Crippen LogP contribution is 2.30. The van der Waals surface area contributed by atoms with Crippen molar-refractivity contribution in [3.05, 3.63) is 42.0 Å². The molecule has 1 unspecified atom stereocenters. The molecule has 0 aliphatic carbocycles. The zero-order valence-corrected chi connectivity index (χ0v) is 8.07. The van der Waals surface area contributed by atoms with Crippen LogP contribution in [0.1, 0.15) is 18.5 Å². The van der Waals surface area contributed by atoms with Crippen LogP contribution in [0.3, 0.4) is 0 Å². The molecular weight excluding hydrogens is 174 g/mol. The highest BCUT2D eigenvalue weighted by atomic mass is 16.3. The summed E-state index contributed by atoms with van der Waals surface area (Å²) in [5.74, 6) is 0.301. The van der Waals surface area contributed by atoms with Gasteiger partial charge in [0.2, 0.25) is 0 Å². The summed E-state index contributed by atoms with van der Waals surface area (Å²) in [4.78, 5) is 0. The minimum Gasteiger partial charge on any atom is -0.507 e. The number of rotatable bonds is 1. The Labute approximate surface area is 83.0 Å². The normalized spacial score (nSPS) is 13.0. The van der Waals surface area contributed by atoms with E-state index in [4.69, 9.17) is 5.73 Å². The Morgan fingerprint density at radius 3 is 2.43 bits per heavy atom. The van der Waals surface area contributed by atoms with E-state index in [1.807, 2.05) is 37.3 Å². The summed E-state index contributed by atoms with van der Waals surface area (Å²) in [7, 11) is 0. The molecular formula is C12H13NO. The molecule has 0 aliphatic rings. The van der Waals surface area contributed by atoms with E-state index in [2.05, 4.69) is 0 Å². The van der Waals surface area contributed by atoms with Gasteiger partial charge in [-0.05, 0) is 23.9 Å². The second-order valence-electron chi connectivity index (χ2n) is 3.51. The first-order chi connectivity index (χ1) is 6.70. The summed E-state index contributed by atoms with van der Waals surface area (Å²) in [5, 5.41) is 11.6. The Bertz CT molecular complexity index is 458. The monoisotopic (exact) mass is 187 g/mol. The largest absolute Gasteiger partial charge is 0.507 e. The van der Waals surface area contributed by atoms with Crippen molar-refractivity contribution in [3.63, 3.8) is 0 Å². The second-order valence-corrected chi connectivity index (χ2v) is 3.51. The fraction of sp³-hybridized carbons (Fsp3) is 0.167. The lowest BCUT2D eigenvalue weighted by atomic mass is 9.99. The maximum atomic E-state index is 9.75. The molecule has 0 aromatic heterocycles. The van der Waals surface area contributed by atoms with Crippen molar-refractivity contribution in [2.75, 3.05) is 0 Å².